The molecule has 2 aromatic rings. The summed E-state index contributed by atoms with van der Waals surface area (Å²) >= 11 is 0. The van der Waals surface area contributed by atoms with Crippen LogP contribution in [0.1, 0.15) is 56.1 Å². The van der Waals surface area contributed by atoms with Crippen LogP contribution in [0.3, 0.4) is 0 Å². The van der Waals surface area contributed by atoms with Crippen molar-refractivity contribution in [3.05, 3.63) is 47.5 Å². The minimum absolute atomic E-state index is 0.824. The van der Waals surface area contributed by atoms with Gasteiger partial charge in [-0.2, -0.15) is 0 Å². The van der Waals surface area contributed by atoms with Gasteiger partial charge in [-0.05, 0) is 47.1 Å². The van der Waals surface area contributed by atoms with Crippen molar-refractivity contribution >= 4 is 10.8 Å². The molecule has 3 rings (SSSR count). The highest BCUT2D eigenvalue weighted by molar-refractivity contribution is 5.86. The quantitative estimate of drug-likeness (QED) is 0.667. The number of fused-ring (bicyclic) bond motifs is 1. The van der Waals surface area contributed by atoms with E-state index in [2.05, 4.69) is 43.3 Å². The van der Waals surface area contributed by atoms with Crippen molar-refractivity contribution < 1.29 is 0 Å². The molecule has 0 nitrogen and oxygen atoms in total. The highest BCUT2D eigenvalue weighted by atomic mass is 14.2. The van der Waals surface area contributed by atoms with Crippen molar-refractivity contribution in [1.82, 2.24) is 0 Å². The third kappa shape index (κ3) is 2.16. The van der Waals surface area contributed by atoms with E-state index in [1.54, 1.807) is 11.1 Å². The Hall–Kier alpha value is -1.30. The van der Waals surface area contributed by atoms with Crippen molar-refractivity contribution in [2.75, 3.05) is 0 Å². The van der Waals surface area contributed by atoms with E-state index >= 15 is 0 Å². The summed E-state index contributed by atoms with van der Waals surface area (Å²) in [5, 5.41) is 2.89. The van der Waals surface area contributed by atoms with Gasteiger partial charge in [0.15, 0.2) is 0 Å². The fourth-order valence-corrected chi connectivity index (χ4v) is 3.39. The van der Waals surface area contributed by atoms with E-state index in [-0.39, 0.29) is 0 Å². The second kappa shape index (κ2) is 5.14. The molecule has 0 bridgehead atoms. The Labute approximate surface area is 110 Å². The van der Waals surface area contributed by atoms with Gasteiger partial charge in [-0.3, -0.25) is 0 Å². The second-order valence-electron chi connectivity index (χ2n) is 5.63. The Morgan fingerprint density at radius 1 is 1.06 bits per heavy atom. The van der Waals surface area contributed by atoms with Gasteiger partial charge in [-0.15, -0.1) is 0 Å². The van der Waals surface area contributed by atoms with E-state index in [1.165, 1.54) is 49.3 Å². The third-order valence-electron chi connectivity index (χ3n) is 4.32. The fraction of sp³-hybridized carbons (Fsp3) is 0.444. The molecule has 0 N–H and O–H groups in total. The lowest BCUT2D eigenvalue weighted by Gasteiger charge is -2.14. The predicted molar refractivity (Wildman–Crippen MR) is 79.2 cm³/mol. The normalized spacial score (nSPS) is 16.5. The molecule has 1 saturated carbocycles. The summed E-state index contributed by atoms with van der Waals surface area (Å²) in [6.07, 6.45) is 8.06. The molecule has 18 heavy (non-hydrogen) atoms. The highest BCUT2D eigenvalue weighted by Gasteiger charge is 2.18. The Kier molecular flexibility index (Phi) is 3.36. The van der Waals surface area contributed by atoms with Gasteiger partial charge >= 0.3 is 0 Å². The summed E-state index contributed by atoms with van der Waals surface area (Å²) in [4.78, 5) is 0. The first-order chi connectivity index (χ1) is 8.88. The van der Waals surface area contributed by atoms with Gasteiger partial charge < -0.3 is 0 Å². The Morgan fingerprint density at radius 3 is 2.61 bits per heavy atom. The maximum Gasteiger partial charge on any atom is -0.0152 e. The first kappa shape index (κ1) is 11.8. The van der Waals surface area contributed by atoms with Gasteiger partial charge in [0.05, 0.1) is 0 Å². The van der Waals surface area contributed by atoms with Crippen LogP contribution in [0.15, 0.2) is 36.4 Å². The molecule has 0 heteroatoms. The van der Waals surface area contributed by atoms with Crippen LogP contribution in [-0.4, -0.2) is 0 Å². The Bertz CT molecular complexity index is 533. The van der Waals surface area contributed by atoms with E-state index in [9.17, 15) is 0 Å². The van der Waals surface area contributed by atoms with Gasteiger partial charge in [0.25, 0.3) is 0 Å². The first-order valence-electron chi connectivity index (χ1n) is 7.40. The molecule has 0 aromatic heterocycles. The van der Waals surface area contributed by atoms with Crippen molar-refractivity contribution in [1.29, 1.82) is 0 Å². The van der Waals surface area contributed by atoms with Gasteiger partial charge in [-0.1, -0.05) is 62.6 Å². The summed E-state index contributed by atoms with van der Waals surface area (Å²) in [6, 6.07) is 13.8. The number of aryl methyl sites for hydroxylation is 1. The molecule has 1 aliphatic carbocycles. The number of rotatable bonds is 3. The van der Waals surface area contributed by atoms with Crippen LogP contribution in [0.5, 0.6) is 0 Å². The van der Waals surface area contributed by atoms with Gasteiger partial charge in [0.2, 0.25) is 0 Å². The zero-order valence-electron chi connectivity index (χ0n) is 11.3. The maximum atomic E-state index is 2.49. The molecule has 0 saturated heterocycles. The molecule has 0 aliphatic heterocycles. The molecule has 0 amide bonds. The van der Waals surface area contributed by atoms with Crippen LogP contribution in [0.4, 0.5) is 0 Å². The predicted octanol–water partition coefficient (Wildman–Crippen LogP) is 5.45. The number of hydrogen-bond donors (Lipinski definition) is 0. The van der Waals surface area contributed by atoms with Gasteiger partial charge in [0, 0.05) is 0 Å². The molecule has 0 unspecified atom stereocenters. The monoisotopic (exact) mass is 238 g/mol. The SMILES string of the molecule is CCCc1cc(C2CCCC2)cc2ccccc12. The molecule has 0 radical (unpaired) electrons. The Morgan fingerprint density at radius 2 is 1.83 bits per heavy atom. The molecule has 94 valence electrons. The summed E-state index contributed by atoms with van der Waals surface area (Å²) in [7, 11) is 0. The second-order valence-corrected chi connectivity index (χ2v) is 5.63. The highest BCUT2D eigenvalue weighted by Crippen LogP contribution is 2.36. The summed E-state index contributed by atoms with van der Waals surface area (Å²) < 4.78 is 0. The van der Waals surface area contributed by atoms with E-state index < -0.39 is 0 Å². The molecule has 0 heterocycles. The number of hydrogen-bond acceptors (Lipinski definition) is 0. The molecule has 0 atom stereocenters. The molecule has 0 spiro atoms. The van der Waals surface area contributed by atoms with Crippen molar-refractivity contribution in [3.63, 3.8) is 0 Å². The lowest BCUT2D eigenvalue weighted by Crippen LogP contribution is -1.96. The lowest BCUT2D eigenvalue weighted by atomic mass is 9.91. The van der Waals surface area contributed by atoms with Crippen LogP contribution >= 0.6 is 0 Å². The average molecular weight is 238 g/mol. The van der Waals surface area contributed by atoms with E-state index in [4.69, 9.17) is 0 Å². The zero-order chi connectivity index (χ0) is 12.4. The summed E-state index contributed by atoms with van der Waals surface area (Å²) in [5.74, 6) is 0.824. The van der Waals surface area contributed by atoms with Crippen LogP contribution in [0.2, 0.25) is 0 Å². The van der Waals surface area contributed by atoms with Gasteiger partial charge in [-0.25, -0.2) is 0 Å². The van der Waals surface area contributed by atoms with Crippen LogP contribution in [-0.2, 0) is 6.42 Å². The summed E-state index contributed by atoms with van der Waals surface area (Å²) in [5.41, 5.74) is 3.15. The van der Waals surface area contributed by atoms with E-state index in [0.717, 1.165) is 5.92 Å². The largest absolute Gasteiger partial charge is 0.0651 e. The molecular weight excluding hydrogens is 216 g/mol. The molecule has 1 fully saturated rings. The maximum absolute atomic E-state index is 2.49. The standard InChI is InChI=1S/C18H22/c1-2-7-15-12-17(14-8-3-4-9-14)13-16-10-5-6-11-18(15)16/h5-6,10-14H,2-4,7-9H2,1H3. The molecule has 2 aromatic carbocycles. The van der Waals surface area contributed by atoms with Gasteiger partial charge in [0.1, 0.15) is 0 Å². The Balaban J connectivity index is 2.10. The summed E-state index contributed by atoms with van der Waals surface area (Å²) in [6.45, 7) is 2.27. The van der Waals surface area contributed by atoms with E-state index in [1.807, 2.05) is 0 Å². The lowest BCUT2D eigenvalue weighted by molar-refractivity contribution is 0.722. The topological polar surface area (TPSA) is 0 Å². The minimum atomic E-state index is 0.824. The minimum Gasteiger partial charge on any atom is -0.0651 e. The smallest absolute Gasteiger partial charge is 0.0152 e. The third-order valence-corrected chi connectivity index (χ3v) is 4.32. The zero-order valence-corrected chi connectivity index (χ0v) is 11.3. The van der Waals surface area contributed by atoms with Crippen molar-refractivity contribution in [3.8, 4) is 0 Å². The van der Waals surface area contributed by atoms with Crippen LogP contribution < -0.4 is 0 Å². The van der Waals surface area contributed by atoms with Crippen LogP contribution in [0.25, 0.3) is 10.8 Å². The molecular formula is C18H22. The van der Waals surface area contributed by atoms with Crippen LogP contribution in [0, 0.1) is 0 Å². The first-order valence-corrected chi connectivity index (χ1v) is 7.40. The average Bonchev–Trinajstić information content (AvgIpc) is 2.93. The molecule has 1 aliphatic rings. The fourth-order valence-electron chi connectivity index (χ4n) is 3.39. The number of benzene rings is 2. The van der Waals surface area contributed by atoms with Crippen molar-refractivity contribution in [2.24, 2.45) is 0 Å². The van der Waals surface area contributed by atoms with Crippen molar-refractivity contribution in [2.45, 2.75) is 51.4 Å². The van der Waals surface area contributed by atoms with E-state index in [0.29, 0.717) is 0 Å².